The molecule has 0 bridgehead atoms. The molecule has 0 saturated heterocycles. The van der Waals surface area contributed by atoms with Crippen molar-refractivity contribution in [1.29, 1.82) is 0 Å². The maximum Gasteiger partial charge on any atom is 0.314 e. The normalized spacial score (nSPS) is 10.9. The van der Waals surface area contributed by atoms with E-state index in [4.69, 9.17) is 4.42 Å². The summed E-state index contributed by atoms with van der Waals surface area (Å²) >= 11 is 0. The topological polar surface area (TPSA) is 59.2 Å². The van der Waals surface area contributed by atoms with Gasteiger partial charge in [0.2, 0.25) is 12.3 Å². The summed E-state index contributed by atoms with van der Waals surface area (Å²) < 4.78 is 44.1. The van der Waals surface area contributed by atoms with Gasteiger partial charge in [0, 0.05) is 16.8 Å². The first-order valence-electron chi connectivity index (χ1n) is 7.26. The Morgan fingerprint density at radius 2 is 1.88 bits per heavy atom. The molecule has 128 valence electrons. The maximum absolute atomic E-state index is 14.3. The van der Waals surface area contributed by atoms with E-state index in [1.54, 1.807) is 30.3 Å². The van der Waals surface area contributed by atoms with Crippen LogP contribution in [0.25, 0.3) is 11.5 Å². The van der Waals surface area contributed by atoms with Crippen LogP contribution in [0.4, 0.5) is 18.9 Å². The van der Waals surface area contributed by atoms with Gasteiger partial charge in [-0.3, -0.25) is 4.79 Å². The maximum atomic E-state index is 14.3. The SMILES string of the molecule is O=CN(Cc1ccc(-c2nnc(C(F)F)o2)cc1F)c1ccccc1. The molecule has 5 nitrogen and oxygen atoms in total. The van der Waals surface area contributed by atoms with Crippen LogP contribution in [-0.2, 0) is 11.3 Å². The number of hydrogen-bond donors (Lipinski definition) is 0. The molecule has 3 rings (SSSR count). The lowest BCUT2D eigenvalue weighted by Gasteiger charge is -2.18. The van der Waals surface area contributed by atoms with E-state index in [-0.39, 0.29) is 23.6 Å². The molecule has 1 heterocycles. The van der Waals surface area contributed by atoms with Crippen molar-refractivity contribution in [1.82, 2.24) is 10.2 Å². The molecule has 0 N–H and O–H groups in total. The van der Waals surface area contributed by atoms with Gasteiger partial charge in [-0.05, 0) is 24.3 Å². The van der Waals surface area contributed by atoms with E-state index in [1.165, 1.54) is 17.0 Å². The standard InChI is InChI=1S/C17H12F3N3O2/c18-14-8-11(16-21-22-17(25-16)15(19)20)6-7-12(14)9-23(10-24)13-4-2-1-3-5-13/h1-8,10,15H,9H2. The molecule has 0 aliphatic carbocycles. The summed E-state index contributed by atoms with van der Waals surface area (Å²) in [5.74, 6) is -1.64. The Bertz CT molecular complexity index is 869. The van der Waals surface area contributed by atoms with E-state index in [0.29, 0.717) is 12.1 Å². The number of amides is 1. The van der Waals surface area contributed by atoms with Crippen LogP contribution >= 0.6 is 0 Å². The smallest absolute Gasteiger partial charge is 0.314 e. The van der Waals surface area contributed by atoms with E-state index in [0.717, 1.165) is 6.07 Å². The Morgan fingerprint density at radius 3 is 2.48 bits per heavy atom. The minimum absolute atomic E-state index is 0.0196. The van der Waals surface area contributed by atoms with Crippen molar-refractivity contribution in [2.24, 2.45) is 0 Å². The molecule has 1 amide bonds. The number of hydrogen-bond acceptors (Lipinski definition) is 4. The highest BCUT2D eigenvalue weighted by Gasteiger charge is 2.18. The van der Waals surface area contributed by atoms with Crippen LogP contribution in [0.15, 0.2) is 52.9 Å². The van der Waals surface area contributed by atoms with Gasteiger partial charge in [0.05, 0.1) is 6.54 Å². The van der Waals surface area contributed by atoms with Gasteiger partial charge in [-0.15, -0.1) is 10.2 Å². The molecule has 2 aromatic carbocycles. The second-order valence-corrected chi connectivity index (χ2v) is 5.12. The third-order valence-corrected chi connectivity index (χ3v) is 3.48. The Labute approximate surface area is 140 Å². The fourth-order valence-corrected chi connectivity index (χ4v) is 2.24. The second kappa shape index (κ2) is 7.16. The Hall–Kier alpha value is -3.16. The van der Waals surface area contributed by atoms with Crippen LogP contribution in [0.1, 0.15) is 17.9 Å². The Kier molecular flexibility index (Phi) is 4.78. The van der Waals surface area contributed by atoms with Gasteiger partial charge in [0.25, 0.3) is 5.89 Å². The number of anilines is 1. The first-order valence-corrected chi connectivity index (χ1v) is 7.26. The molecule has 1 aromatic heterocycles. The summed E-state index contributed by atoms with van der Waals surface area (Å²) in [5.41, 5.74) is 1.06. The van der Waals surface area contributed by atoms with Gasteiger partial charge in [-0.1, -0.05) is 24.3 Å². The highest BCUT2D eigenvalue weighted by Crippen LogP contribution is 2.25. The largest absolute Gasteiger partial charge is 0.415 e. The van der Waals surface area contributed by atoms with Crippen LogP contribution in [-0.4, -0.2) is 16.6 Å². The zero-order valence-electron chi connectivity index (χ0n) is 12.8. The second-order valence-electron chi connectivity index (χ2n) is 5.12. The molecule has 0 fully saturated rings. The number of halogens is 3. The zero-order chi connectivity index (χ0) is 17.8. The minimum Gasteiger partial charge on any atom is -0.415 e. The number of rotatable bonds is 6. The first kappa shape index (κ1) is 16.7. The molecule has 0 radical (unpaired) electrons. The molecular weight excluding hydrogens is 335 g/mol. The van der Waals surface area contributed by atoms with Crippen LogP contribution in [0, 0.1) is 5.82 Å². The molecular formula is C17H12F3N3O2. The molecule has 25 heavy (non-hydrogen) atoms. The van der Waals surface area contributed by atoms with Crippen LogP contribution in [0.2, 0.25) is 0 Å². The van der Waals surface area contributed by atoms with Crippen LogP contribution in [0.5, 0.6) is 0 Å². The molecule has 3 aromatic rings. The van der Waals surface area contributed by atoms with Gasteiger partial charge in [0.1, 0.15) is 5.82 Å². The molecule has 0 aliphatic rings. The lowest BCUT2D eigenvalue weighted by molar-refractivity contribution is -0.107. The van der Waals surface area contributed by atoms with Crippen molar-refractivity contribution in [3.8, 4) is 11.5 Å². The number of carbonyl (C=O) groups excluding carboxylic acids is 1. The summed E-state index contributed by atoms with van der Waals surface area (Å²) in [4.78, 5) is 12.6. The lowest BCUT2D eigenvalue weighted by atomic mass is 10.1. The number of para-hydroxylation sites is 1. The van der Waals surface area contributed by atoms with Crippen LogP contribution in [0.3, 0.4) is 0 Å². The predicted octanol–water partition coefficient (Wildman–Crippen LogP) is 3.98. The van der Waals surface area contributed by atoms with Crippen LogP contribution < -0.4 is 4.90 Å². The summed E-state index contributed by atoms with van der Waals surface area (Å²) in [6, 6.07) is 12.8. The number of alkyl halides is 2. The molecule has 0 spiro atoms. The van der Waals surface area contributed by atoms with Crippen molar-refractivity contribution in [3.63, 3.8) is 0 Å². The van der Waals surface area contributed by atoms with Crippen molar-refractivity contribution < 1.29 is 22.4 Å². The zero-order valence-corrected chi connectivity index (χ0v) is 12.8. The minimum atomic E-state index is -2.89. The number of aromatic nitrogens is 2. The van der Waals surface area contributed by atoms with E-state index >= 15 is 0 Å². The molecule has 0 atom stereocenters. The lowest BCUT2D eigenvalue weighted by Crippen LogP contribution is -2.20. The van der Waals surface area contributed by atoms with Crippen molar-refractivity contribution in [2.45, 2.75) is 13.0 Å². The highest BCUT2D eigenvalue weighted by molar-refractivity contribution is 5.75. The summed E-state index contributed by atoms with van der Waals surface area (Å²) in [6.07, 6.45) is -2.28. The fraction of sp³-hybridized carbons (Fsp3) is 0.118. The third-order valence-electron chi connectivity index (χ3n) is 3.48. The average molecular weight is 347 g/mol. The Morgan fingerprint density at radius 1 is 1.12 bits per heavy atom. The Balaban J connectivity index is 1.83. The number of benzene rings is 2. The number of carbonyl (C=O) groups is 1. The van der Waals surface area contributed by atoms with E-state index < -0.39 is 18.1 Å². The van der Waals surface area contributed by atoms with E-state index in [1.807, 2.05) is 0 Å². The van der Waals surface area contributed by atoms with Gasteiger partial charge in [0.15, 0.2) is 0 Å². The third kappa shape index (κ3) is 3.68. The van der Waals surface area contributed by atoms with Crippen molar-refractivity contribution >= 4 is 12.1 Å². The van der Waals surface area contributed by atoms with Crippen molar-refractivity contribution in [3.05, 3.63) is 65.8 Å². The first-order chi connectivity index (χ1) is 12.1. The summed E-state index contributed by atoms with van der Waals surface area (Å²) in [5, 5.41) is 6.68. The van der Waals surface area contributed by atoms with Gasteiger partial charge < -0.3 is 9.32 Å². The summed E-state index contributed by atoms with van der Waals surface area (Å²) in [7, 11) is 0. The van der Waals surface area contributed by atoms with E-state index in [9.17, 15) is 18.0 Å². The van der Waals surface area contributed by atoms with Gasteiger partial charge in [-0.25, -0.2) is 4.39 Å². The fourth-order valence-electron chi connectivity index (χ4n) is 2.24. The monoisotopic (exact) mass is 347 g/mol. The summed E-state index contributed by atoms with van der Waals surface area (Å²) in [6.45, 7) is 0.0196. The predicted molar refractivity (Wildman–Crippen MR) is 83.3 cm³/mol. The highest BCUT2D eigenvalue weighted by atomic mass is 19.3. The van der Waals surface area contributed by atoms with Gasteiger partial charge >= 0.3 is 6.43 Å². The van der Waals surface area contributed by atoms with Gasteiger partial charge in [-0.2, -0.15) is 8.78 Å². The van der Waals surface area contributed by atoms with Crippen molar-refractivity contribution in [2.75, 3.05) is 4.90 Å². The molecule has 0 unspecified atom stereocenters. The number of nitrogens with zero attached hydrogens (tertiary/aromatic N) is 3. The quantitative estimate of drug-likeness (QED) is 0.633. The molecule has 0 saturated carbocycles. The molecule has 8 heteroatoms. The average Bonchev–Trinajstić information content (AvgIpc) is 3.12. The van der Waals surface area contributed by atoms with E-state index in [2.05, 4.69) is 10.2 Å². The molecule has 0 aliphatic heterocycles.